The van der Waals surface area contributed by atoms with E-state index < -0.39 is 6.10 Å². The molecule has 0 aliphatic rings. The summed E-state index contributed by atoms with van der Waals surface area (Å²) in [6.07, 6.45) is 2.09. The molecule has 2 heteroatoms. The predicted octanol–water partition coefficient (Wildman–Crippen LogP) is 1.93. The fourth-order valence-electron chi connectivity index (χ4n) is 1.07. The molecule has 12 heavy (non-hydrogen) atoms. The summed E-state index contributed by atoms with van der Waals surface area (Å²) in [6.45, 7) is 7.15. The van der Waals surface area contributed by atoms with E-state index in [9.17, 15) is 9.90 Å². The summed E-state index contributed by atoms with van der Waals surface area (Å²) in [5, 5.41) is 9.25. The van der Waals surface area contributed by atoms with Crippen molar-refractivity contribution in [2.24, 2.45) is 5.92 Å². The van der Waals surface area contributed by atoms with Crippen molar-refractivity contribution in [3.63, 3.8) is 0 Å². The van der Waals surface area contributed by atoms with Gasteiger partial charge in [0.05, 0.1) is 6.10 Å². The molecular weight excluding hydrogens is 152 g/mol. The van der Waals surface area contributed by atoms with E-state index in [1.54, 1.807) is 6.92 Å². The van der Waals surface area contributed by atoms with Gasteiger partial charge in [-0.25, -0.2) is 0 Å². The number of carbonyl (C=O) groups is 1. The maximum absolute atomic E-state index is 11.0. The van der Waals surface area contributed by atoms with Crippen molar-refractivity contribution in [3.05, 3.63) is 11.6 Å². The summed E-state index contributed by atoms with van der Waals surface area (Å²) in [5.74, 6) is -0.178. The summed E-state index contributed by atoms with van der Waals surface area (Å²) >= 11 is 0. The monoisotopic (exact) mass is 170 g/mol. The zero-order valence-electron chi connectivity index (χ0n) is 8.29. The fourth-order valence-corrected chi connectivity index (χ4v) is 1.07. The minimum Gasteiger partial charge on any atom is -0.393 e. The molecule has 70 valence electrons. The Balaban J connectivity index is 4.15. The summed E-state index contributed by atoms with van der Waals surface area (Å²) < 4.78 is 0. The van der Waals surface area contributed by atoms with Crippen LogP contribution in [0.1, 0.15) is 34.1 Å². The Hall–Kier alpha value is -0.630. The number of hydrogen-bond donors (Lipinski definition) is 1. The highest BCUT2D eigenvalue weighted by atomic mass is 16.3. The van der Waals surface area contributed by atoms with Crippen molar-refractivity contribution in [2.75, 3.05) is 0 Å². The highest BCUT2D eigenvalue weighted by Gasteiger charge is 2.17. The Labute approximate surface area is 74.3 Å². The lowest BCUT2D eigenvalue weighted by molar-refractivity contribution is -0.123. The van der Waals surface area contributed by atoms with Crippen LogP contribution in [0.2, 0.25) is 0 Å². The number of aliphatic hydroxyl groups excluding tert-OH is 1. The molecule has 0 rings (SSSR count). The molecule has 0 fully saturated rings. The quantitative estimate of drug-likeness (QED) is 0.654. The van der Waals surface area contributed by atoms with Crippen LogP contribution in [0.3, 0.4) is 0 Å². The Kier molecular flexibility index (Phi) is 4.83. The van der Waals surface area contributed by atoms with Crippen LogP contribution in [0.25, 0.3) is 0 Å². The molecule has 0 saturated carbocycles. The summed E-state index contributed by atoms with van der Waals surface area (Å²) in [7, 11) is 0. The number of carbonyl (C=O) groups excluding carboxylic acids is 1. The van der Waals surface area contributed by atoms with Crippen molar-refractivity contribution in [2.45, 2.75) is 40.2 Å². The number of hydrogen-bond acceptors (Lipinski definition) is 2. The van der Waals surface area contributed by atoms with E-state index in [4.69, 9.17) is 0 Å². The normalized spacial score (nSPS) is 15.1. The molecule has 0 aromatic heterocycles. The van der Waals surface area contributed by atoms with Gasteiger partial charge in [-0.1, -0.05) is 11.6 Å². The second kappa shape index (κ2) is 5.09. The molecule has 0 aromatic carbocycles. The minimum atomic E-state index is -0.543. The lowest BCUT2D eigenvalue weighted by Crippen LogP contribution is -2.23. The van der Waals surface area contributed by atoms with Gasteiger partial charge >= 0.3 is 0 Å². The van der Waals surface area contributed by atoms with Gasteiger partial charge in [0.25, 0.3) is 0 Å². The van der Waals surface area contributed by atoms with Gasteiger partial charge in [0, 0.05) is 5.92 Å². The first-order valence-corrected chi connectivity index (χ1v) is 4.27. The van der Waals surface area contributed by atoms with Crippen molar-refractivity contribution in [1.29, 1.82) is 0 Å². The molecule has 0 amide bonds. The summed E-state index contributed by atoms with van der Waals surface area (Å²) in [6, 6.07) is 0. The Morgan fingerprint density at radius 1 is 1.42 bits per heavy atom. The first-order valence-electron chi connectivity index (χ1n) is 4.27. The van der Waals surface area contributed by atoms with E-state index in [2.05, 4.69) is 0 Å². The zero-order chi connectivity index (χ0) is 9.72. The van der Waals surface area contributed by atoms with E-state index in [0.717, 1.165) is 0 Å². The third-order valence-corrected chi connectivity index (χ3v) is 1.88. The SMILES string of the molecule is CC(=O)[C@@H](CC=C(C)C)[C@H](C)O. The van der Waals surface area contributed by atoms with Crippen molar-refractivity contribution >= 4 is 5.78 Å². The van der Waals surface area contributed by atoms with Crippen LogP contribution < -0.4 is 0 Å². The molecule has 0 aliphatic heterocycles. The van der Waals surface area contributed by atoms with E-state index >= 15 is 0 Å². The fraction of sp³-hybridized carbons (Fsp3) is 0.700. The summed E-state index contributed by atoms with van der Waals surface area (Å²) in [5.41, 5.74) is 1.18. The van der Waals surface area contributed by atoms with Crippen LogP contribution in [0, 0.1) is 5.92 Å². The lowest BCUT2D eigenvalue weighted by Gasteiger charge is -2.14. The maximum atomic E-state index is 11.0. The highest BCUT2D eigenvalue weighted by molar-refractivity contribution is 5.78. The van der Waals surface area contributed by atoms with Crippen LogP contribution in [0.5, 0.6) is 0 Å². The number of aliphatic hydroxyl groups is 1. The first-order chi connectivity index (χ1) is 5.45. The van der Waals surface area contributed by atoms with Gasteiger partial charge in [-0.05, 0) is 34.1 Å². The van der Waals surface area contributed by atoms with Crippen molar-refractivity contribution < 1.29 is 9.90 Å². The number of ketones is 1. The maximum Gasteiger partial charge on any atom is 0.135 e. The van der Waals surface area contributed by atoms with Gasteiger partial charge in [-0.15, -0.1) is 0 Å². The van der Waals surface area contributed by atoms with Gasteiger partial charge in [0.15, 0.2) is 0 Å². The molecule has 0 heterocycles. The smallest absolute Gasteiger partial charge is 0.135 e. The highest BCUT2D eigenvalue weighted by Crippen LogP contribution is 2.12. The molecule has 2 atom stereocenters. The molecule has 0 spiro atoms. The van der Waals surface area contributed by atoms with Crippen molar-refractivity contribution in [3.8, 4) is 0 Å². The standard InChI is InChI=1S/C10H18O2/c1-7(2)5-6-10(8(3)11)9(4)12/h5,8,10-11H,6H2,1-4H3/t8-,10-/m0/s1. The molecule has 0 unspecified atom stereocenters. The zero-order valence-corrected chi connectivity index (χ0v) is 8.29. The molecule has 0 bridgehead atoms. The Morgan fingerprint density at radius 2 is 1.92 bits per heavy atom. The third-order valence-electron chi connectivity index (χ3n) is 1.88. The van der Waals surface area contributed by atoms with Crippen LogP contribution in [0.4, 0.5) is 0 Å². The van der Waals surface area contributed by atoms with Crippen molar-refractivity contribution in [1.82, 2.24) is 0 Å². The molecular formula is C10H18O2. The topological polar surface area (TPSA) is 37.3 Å². The number of allylic oxidation sites excluding steroid dienone is 2. The third kappa shape index (κ3) is 4.29. The number of Topliss-reactive ketones (excluding diaryl/α,β-unsaturated/α-hetero) is 1. The second-order valence-corrected chi connectivity index (χ2v) is 3.47. The number of rotatable bonds is 4. The van der Waals surface area contributed by atoms with Gasteiger partial charge < -0.3 is 5.11 Å². The Morgan fingerprint density at radius 3 is 2.17 bits per heavy atom. The van der Waals surface area contributed by atoms with Gasteiger partial charge in [-0.3, -0.25) is 4.79 Å². The lowest BCUT2D eigenvalue weighted by atomic mass is 9.95. The molecule has 0 saturated heterocycles. The molecule has 0 radical (unpaired) electrons. The van der Waals surface area contributed by atoms with Gasteiger partial charge in [-0.2, -0.15) is 0 Å². The van der Waals surface area contributed by atoms with E-state index in [1.807, 2.05) is 19.9 Å². The van der Waals surface area contributed by atoms with Crippen LogP contribution in [0.15, 0.2) is 11.6 Å². The van der Waals surface area contributed by atoms with Gasteiger partial charge in [0.1, 0.15) is 5.78 Å². The summed E-state index contributed by atoms with van der Waals surface area (Å²) in [4.78, 5) is 11.0. The first kappa shape index (κ1) is 11.4. The van der Waals surface area contributed by atoms with E-state index in [-0.39, 0.29) is 11.7 Å². The molecule has 2 nitrogen and oxygen atoms in total. The van der Waals surface area contributed by atoms with E-state index in [1.165, 1.54) is 12.5 Å². The van der Waals surface area contributed by atoms with Crippen LogP contribution in [-0.4, -0.2) is 17.0 Å². The second-order valence-electron chi connectivity index (χ2n) is 3.47. The predicted molar refractivity (Wildman–Crippen MR) is 49.9 cm³/mol. The largest absolute Gasteiger partial charge is 0.393 e. The molecule has 0 aromatic rings. The molecule has 0 aliphatic carbocycles. The molecule has 1 N–H and O–H groups in total. The van der Waals surface area contributed by atoms with E-state index in [0.29, 0.717) is 6.42 Å². The Bertz CT molecular complexity index is 176. The minimum absolute atomic E-state index is 0.0579. The average molecular weight is 170 g/mol. The average Bonchev–Trinajstić information content (AvgIpc) is 1.84. The van der Waals surface area contributed by atoms with Crippen LogP contribution in [-0.2, 0) is 4.79 Å². The van der Waals surface area contributed by atoms with Gasteiger partial charge in [0.2, 0.25) is 0 Å². The van der Waals surface area contributed by atoms with Crippen LogP contribution >= 0.6 is 0 Å².